The minimum absolute atomic E-state index is 0.0787. The lowest BCUT2D eigenvalue weighted by atomic mass is 10.1. The zero-order valence-corrected chi connectivity index (χ0v) is 6.60. The van der Waals surface area contributed by atoms with Crippen molar-refractivity contribution in [2.75, 3.05) is 6.61 Å². The van der Waals surface area contributed by atoms with Gasteiger partial charge < -0.3 is 4.74 Å². The third-order valence-corrected chi connectivity index (χ3v) is 1.97. The molecule has 0 N–H and O–H groups in total. The molecular weight excluding hydrogens is 162 g/mol. The summed E-state index contributed by atoms with van der Waals surface area (Å²) in [5.41, 5.74) is 0.539. The molecular formula is C9H8F2O. The zero-order valence-electron chi connectivity index (χ0n) is 6.60. The lowest BCUT2D eigenvalue weighted by Gasteiger charge is -2.02. The van der Waals surface area contributed by atoms with Crippen LogP contribution in [-0.4, -0.2) is 6.61 Å². The first kappa shape index (κ1) is 7.68. The fourth-order valence-electron chi connectivity index (χ4n) is 1.19. The molecule has 3 heteroatoms. The molecule has 0 aromatic heterocycles. The lowest BCUT2D eigenvalue weighted by molar-refractivity contribution is 0.397. The largest absolute Gasteiger partial charge is 0.368 e. The Kier molecular flexibility index (Phi) is 1.61. The summed E-state index contributed by atoms with van der Waals surface area (Å²) in [5.74, 6) is -0.988. The van der Waals surface area contributed by atoms with Crippen molar-refractivity contribution in [3.63, 3.8) is 0 Å². The number of aryl methyl sites for hydroxylation is 1. The molecule has 1 aromatic rings. The van der Waals surface area contributed by atoms with Gasteiger partial charge in [-0.1, -0.05) is 6.07 Å². The SMILES string of the molecule is Cc1ccc(F)c([C@@H]2CO2)c1F. The maximum absolute atomic E-state index is 13.2. The first-order valence-corrected chi connectivity index (χ1v) is 3.76. The van der Waals surface area contributed by atoms with E-state index in [2.05, 4.69) is 0 Å². The molecule has 1 aliphatic heterocycles. The quantitative estimate of drug-likeness (QED) is 0.589. The summed E-state index contributed by atoms with van der Waals surface area (Å²) in [7, 11) is 0. The first-order chi connectivity index (χ1) is 5.70. The van der Waals surface area contributed by atoms with Crippen LogP contribution in [0.5, 0.6) is 0 Å². The molecule has 1 saturated heterocycles. The van der Waals surface area contributed by atoms with Crippen molar-refractivity contribution in [1.82, 2.24) is 0 Å². The molecule has 1 nitrogen and oxygen atoms in total. The first-order valence-electron chi connectivity index (χ1n) is 3.76. The molecule has 0 aliphatic carbocycles. The highest BCUT2D eigenvalue weighted by atomic mass is 19.1. The highest BCUT2D eigenvalue weighted by Crippen LogP contribution is 2.34. The molecule has 1 atom stereocenters. The summed E-state index contributed by atoms with van der Waals surface area (Å²) in [5, 5.41) is 0. The van der Waals surface area contributed by atoms with Gasteiger partial charge in [-0.15, -0.1) is 0 Å². The molecule has 0 spiro atoms. The van der Waals surface area contributed by atoms with E-state index >= 15 is 0 Å². The topological polar surface area (TPSA) is 12.5 Å². The van der Waals surface area contributed by atoms with Crippen LogP contribution in [0.3, 0.4) is 0 Å². The van der Waals surface area contributed by atoms with E-state index in [0.29, 0.717) is 12.2 Å². The van der Waals surface area contributed by atoms with E-state index in [4.69, 9.17) is 4.74 Å². The Hall–Kier alpha value is -0.960. The van der Waals surface area contributed by atoms with Crippen LogP contribution in [0.25, 0.3) is 0 Å². The van der Waals surface area contributed by atoms with E-state index in [1.54, 1.807) is 6.92 Å². The van der Waals surface area contributed by atoms with Gasteiger partial charge in [0.25, 0.3) is 0 Å². The number of halogens is 2. The second-order valence-electron chi connectivity index (χ2n) is 2.91. The van der Waals surface area contributed by atoms with Crippen molar-refractivity contribution < 1.29 is 13.5 Å². The van der Waals surface area contributed by atoms with Gasteiger partial charge in [0.2, 0.25) is 0 Å². The minimum atomic E-state index is -0.513. The molecule has 1 fully saturated rings. The highest BCUT2D eigenvalue weighted by Gasteiger charge is 2.31. The predicted octanol–water partition coefficient (Wildman–Crippen LogP) is 2.34. The van der Waals surface area contributed by atoms with Crippen LogP contribution in [0.4, 0.5) is 8.78 Å². The van der Waals surface area contributed by atoms with Crippen molar-refractivity contribution in [2.45, 2.75) is 13.0 Å². The van der Waals surface area contributed by atoms with Crippen LogP contribution in [-0.2, 0) is 4.74 Å². The maximum atomic E-state index is 13.2. The second kappa shape index (κ2) is 2.52. The molecule has 1 aromatic carbocycles. The average Bonchev–Trinajstić information content (AvgIpc) is 2.81. The Bertz CT molecular complexity index is 319. The van der Waals surface area contributed by atoms with Crippen molar-refractivity contribution in [2.24, 2.45) is 0 Å². The Morgan fingerprint density at radius 1 is 1.42 bits per heavy atom. The molecule has 0 saturated carbocycles. The molecule has 0 bridgehead atoms. The fourth-order valence-corrected chi connectivity index (χ4v) is 1.19. The standard InChI is InChI=1S/C9H8F2O/c1-5-2-3-6(10)8(9(5)11)7-4-12-7/h2-3,7H,4H2,1H3/t7-/m0/s1. The monoisotopic (exact) mass is 170 g/mol. The summed E-state index contributed by atoms with van der Waals surface area (Å²) in [4.78, 5) is 0. The highest BCUT2D eigenvalue weighted by molar-refractivity contribution is 5.30. The van der Waals surface area contributed by atoms with Crippen LogP contribution in [0.15, 0.2) is 12.1 Å². The van der Waals surface area contributed by atoms with Gasteiger partial charge in [-0.05, 0) is 18.6 Å². The fraction of sp³-hybridized carbons (Fsp3) is 0.333. The van der Waals surface area contributed by atoms with Gasteiger partial charge in [0.1, 0.15) is 17.7 Å². The molecule has 2 rings (SSSR count). The Morgan fingerprint density at radius 3 is 2.67 bits per heavy atom. The summed E-state index contributed by atoms with van der Waals surface area (Å²) in [6.07, 6.45) is -0.357. The smallest absolute Gasteiger partial charge is 0.134 e. The Labute approximate surface area is 69.0 Å². The summed E-state index contributed by atoms with van der Waals surface area (Å²) < 4.78 is 31.1. The van der Waals surface area contributed by atoms with Gasteiger partial charge in [-0.25, -0.2) is 8.78 Å². The lowest BCUT2D eigenvalue weighted by Crippen LogP contribution is -1.96. The van der Waals surface area contributed by atoms with E-state index in [1.807, 2.05) is 0 Å². The third kappa shape index (κ3) is 1.10. The van der Waals surface area contributed by atoms with E-state index in [0.717, 1.165) is 0 Å². The summed E-state index contributed by atoms with van der Waals surface area (Å²) in [6, 6.07) is 2.70. The van der Waals surface area contributed by atoms with E-state index in [-0.39, 0.29) is 11.7 Å². The molecule has 0 amide bonds. The van der Waals surface area contributed by atoms with Gasteiger partial charge in [-0.2, -0.15) is 0 Å². The average molecular weight is 170 g/mol. The number of hydrogen-bond acceptors (Lipinski definition) is 1. The van der Waals surface area contributed by atoms with Crippen molar-refractivity contribution >= 4 is 0 Å². The van der Waals surface area contributed by atoms with Gasteiger partial charge in [0.05, 0.1) is 12.2 Å². The number of rotatable bonds is 1. The van der Waals surface area contributed by atoms with Gasteiger partial charge in [-0.3, -0.25) is 0 Å². The summed E-state index contributed by atoms with van der Waals surface area (Å²) in [6.45, 7) is 2.04. The Balaban J connectivity index is 2.55. The number of epoxide rings is 1. The maximum Gasteiger partial charge on any atom is 0.134 e. The molecule has 0 unspecified atom stereocenters. The van der Waals surface area contributed by atoms with E-state index in [9.17, 15) is 8.78 Å². The van der Waals surface area contributed by atoms with Crippen LogP contribution in [0, 0.1) is 18.6 Å². The molecule has 64 valence electrons. The normalized spacial score (nSPS) is 21.1. The second-order valence-corrected chi connectivity index (χ2v) is 2.91. The van der Waals surface area contributed by atoms with Crippen LogP contribution < -0.4 is 0 Å². The van der Waals surface area contributed by atoms with Crippen molar-refractivity contribution in [3.05, 3.63) is 34.9 Å². The molecule has 1 aliphatic rings. The number of hydrogen-bond donors (Lipinski definition) is 0. The van der Waals surface area contributed by atoms with Gasteiger partial charge in [0.15, 0.2) is 0 Å². The number of ether oxygens (including phenoxy) is 1. The molecule has 1 heterocycles. The van der Waals surface area contributed by atoms with E-state index < -0.39 is 11.6 Å². The number of benzene rings is 1. The van der Waals surface area contributed by atoms with Crippen LogP contribution >= 0.6 is 0 Å². The van der Waals surface area contributed by atoms with Crippen molar-refractivity contribution in [3.8, 4) is 0 Å². The van der Waals surface area contributed by atoms with E-state index in [1.165, 1.54) is 12.1 Å². The van der Waals surface area contributed by atoms with Crippen LogP contribution in [0.2, 0.25) is 0 Å². The minimum Gasteiger partial charge on any atom is -0.368 e. The predicted molar refractivity (Wildman–Crippen MR) is 39.8 cm³/mol. The van der Waals surface area contributed by atoms with Crippen LogP contribution in [0.1, 0.15) is 17.2 Å². The molecule has 12 heavy (non-hydrogen) atoms. The summed E-state index contributed by atoms with van der Waals surface area (Å²) >= 11 is 0. The Morgan fingerprint density at radius 2 is 2.08 bits per heavy atom. The third-order valence-electron chi connectivity index (χ3n) is 1.97. The molecule has 0 radical (unpaired) electrons. The zero-order chi connectivity index (χ0) is 8.72. The van der Waals surface area contributed by atoms with Crippen molar-refractivity contribution in [1.29, 1.82) is 0 Å². The van der Waals surface area contributed by atoms with Gasteiger partial charge >= 0.3 is 0 Å². The van der Waals surface area contributed by atoms with Gasteiger partial charge in [0, 0.05) is 0 Å².